The molecule has 1 saturated heterocycles. The van der Waals surface area contributed by atoms with E-state index < -0.39 is 0 Å². The van der Waals surface area contributed by atoms with Gasteiger partial charge < -0.3 is 10.1 Å². The normalized spacial score (nSPS) is 20.6. The molecular formula is C12H26N2O. The van der Waals surface area contributed by atoms with Gasteiger partial charge in [0.2, 0.25) is 0 Å². The maximum Gasteiger partial charge on any atom is 0.0594 e. The number of morpholine rings is 1. The molecule has 0 unspecified atom stereocenters. The van der Waals surface area contributed by atoms with Gasteiger partial charge in [0.25, 0.3) is 0 Å². The maximum absolute atomic E-state index is 5.39. The van der Waals surface area contributed by atoms with Crippen molar-refractivity contribution in [2.45, 2.75) is 45.2 Å². The van der Waals surface area contributed by atoms with E-state index in [1.54, 1.807) is 0 Å². The van der Waals surface area contributed by atoms with Gasteiger partial charge in [-0.2, -0.15) is 0 Å². The van der Waals surface area contributed by atoms with Gasteiger partial charge in [0.15, 0.2) is 0 Å². The molecule has 0 amide bonds. The molecule has 1 rings (SSSR count). The van der Waals surface area contributed by atoms with Crippen molar-refractivity contribution in [3.63, 3.8) is 0 Å². The van der Waals surface area contributed by atoms with Crippen molar-refractivity contribution in [2.24, 2.45) is 0 Å². The molecule has 0 aromatic carbocycles. The highest BCUT2D eigenvalue weighted by Crippen LogP contribution is 2.26. The van der Waals surface area contributed by atoms with Crippen LogP contribution in [0.3, 0.4) is 0 Å². The van der Waals surface area contributed by atoms with Crippen LogP contribution in [0.15, 0.2) is 0 Å². The third-order valence-corrected chi connectivity index (χ3v) is 3.42. The van der Waals surface area contributed by atoms with Crippen molar-refractivity contribution >= 4 is 0 Å². The number of hydrogen-bond donors (Lipinski definition) is 1. The monoisotopic (exact) mass is 214 g/mol. The van der Waals surface area contributed by atoms with Crippen LogP contribution in [0.4, 0.5) is 0 Å². The van der Waals surface area contributed by atoms with Crippen molar-refractivity contribution < 1.29 is 4.74 Å². The van der Waals surface area contributed by atoms with Crippen LogP contribution in [-0.4, -0.2) is 49.3 Å². The van der Waals surface area contributed by atoms with Crippen molar-refractivity contribution in [1.82, 2.24) is 10.2 Å². The highest BCUT2D eigenvalue weighted by atomic mass is 16.5. The summed E-state index contributed by atoms with van der Waals surface area (Å²) in [5.74, 6) is 0. The van der Waals surface area contributed by atoms with E-state index in [0.29, 0.717) is 0 Å². The SMILES string of the molecule is CNC(C)(C)CC(C)(C)N1CCOCC1. The van der Waals surface area contributed by atoms with Gasteiger partial charge in [0, 0.05) is 24.2 Å². The summed E-state index contributed by atoms with van der Waals surface area (Å²) in [6, 6.07) is 0. The van der Waals surface area contributed by atoms with Crippen LogP contribution < -0.4 is 5.32 Å². The molecule has 0 radical (unpaired) electrons. The van der Waals surface area contributed by atoms with Crippen molar-refractivity contribution in [3.05, 3.63) is 0 Å². The Morgan fingerprint density at radius 3 is 2.13 bits per heavy atom. The van der Waals surface area contributed by atoms with Crippen molar-refractivity contribution in [3.8, 4) is 0 Å². The zero-order chi connectivity index (χ0) is 11.5. The minimum atomic E-state index is 0.196. The summed E-state index contributed by atoms with van der Waals surface area (Å²) >= 11 is 0. The molecule has 1 aliphatic heterocycles. The van der Waals surface area contributed by atoms with E-state index in [9.17, 15) is 0 Å². The van der Waals surface area contributed by atoms with Gasteiger partial charge in [-0.1, -0.05) is 0 Å². The summed E-state index contributed by atoms with van der Waals surface area (Å²) in [6.45, 7) is 13.1. The van der Waals surface area contributed by atoms with Gasteiger partial charge >= 0.3 is 0 Å². The van der Waals surface area contributed by atoms with Crippen LogP contribution in [0, 0.1) is 0 Å². The lowest BCUT2D eigenvalue weighted by Crippen LogP contribution is -2.54. The molecule has 0 aliphatic carbocycles. The standard InChI is InChI=1S/C12H26N2O/c1-11(2,13-5)10-12(3,4)14-6-8-15-9-7-14/h13H,6-10H2,1-5H3. The molecule has 0 spiro atoms. The second-order valence-electron chi connectivity index (χ2n) is 5.72. The summed E-state index contributed by atoms with van der Waals surface area (Å²) in [5.41, 5.74) is 0.443. The molecule has 0 aromatic rings. The molecule has 3 heteroatoms. The number of rotatable bonds is 4. The summed E-state index contributed by atoms with van der Waals surface area (Å²) in [6.07, 6.45) is 1.15. The molecule has 1 aliphatic rings. The Morgan fingerprint density at radius 1 is 1.13 bits per heavy atom. The molecule has 0 atom stereocenters. The van der Waals surface area contributed by atoms with Gasteiger partial charge in [0.05, 0.1) is 13.2 Å². The summed E-state index contributed by atoms with van der Waals surface area (Å²) in [4.78, 5) is 2.54. The van der Waals surface area contributed by atoms with Crippen LogP contribution in [0.1, 0.15) is 34.1 Å². The topological polar surface area (TPSA) is 24.5 Å². The highest BCUT2D eigenvalue weighted by Gasteiger charge is 2.33. The van der Waals surface area contributed by atoms with Crippen LogP contribution in [0.25, 0.3) is 0 Å². The van der Waals surface area contributed by atoms with E-state index in [4.69, 9.17) is 4.74 Å². The van der Waals surface area contributed by atoms with Gasteiger partial charge in [-0.25, -0.2) is 0 Å². The van der Waals surface area contributed by atoms with Crippen LogP contribution >= 0.6 is 0 Å². The Bertz CT molecular complexity index is 196. The minimum absolute atomic E-state index is 0.196. The second-order valence-corrected chi connectivity index (χ2v) is 5.72. The largest absolute Gasteiger partial charge is 0.379 e. The Kier molecular flexibility index (Phi) is 4.15. The fraction of sp³-hybridized carbons (Fsp3) is 1.00. The third-order valence-electron chi connectivity index (χ3n) is 3.42. The lowest BCUT2D eigenvalue weighted by molar-refractivity contribution is -0.0199. The summed E-state index contributed by atoms with van der Waals surface area (Å²) in [5, 5.41) is 3.38. The van der Waals surface area contributed by atoms with E-state index in [1.807, 2.05) is 7.05 Å². The van der Waals surface area contributed by atoms with Crippen molar-refractivity contribution in [2.75, 3.05) is 33.4 Å². The van der Waals surface area contributed by atoms with Crippen LogP contribution in [-0.2, 0) is 4.74 Å². The number of nitrogens with zero attached hydrogens (tertiary/aromatic N) is 1. The molecule has 3 nitrogen and oxygen atoms in total. The molecule has 1 heterocycles. The van der Waals surface area contributed by atoms with E-state index in [1.165, 1.54) is 0 Å². The number of ether oxygens (including phenoxy) is 1. The first kappa shape index (κ1) is 12.9. The number of hydrogen-bond acceptors (Lipinski definition) is 3. The predicted molar refractivity (Wildman–Crippen MR) is 64.2 cm³/mol. The lowest BCUT2D eigenvalue weighted by Gasteiger charge is -2.44. The van der Waals surface area contributed by atoms with Gasteiger partial charge in [0.1, 0.15) is 0 Å². The third kappa shape index (κ3) is 3.74. The van der Waals surface area contributed by atoms with Crippen LogP contribution in [0.5, 0.6) is 0 Å². The zero-order valence-electron chi connectivity index (χ0n) is 10.9. The zero-order valence-corrected chi connectivity index (χ0v) is 10.9. The maximum atomic E-state index is 5.39. The molecule has 1 fully saturated rings. The lowest BCUT2D eigenvalue weighted by atomic mass is 9.85. The quantitative estimate of drug-likeness (QED) is 0.767. The first-order chi connectivity index (χ1) is 6.87. The predicted octanol–water partition coefficient (Wildman–Crippen LogP) is 1.49. The fourth-order valence-corrected chi connectivity index (χ4v) is 2.45. The van der Waals surface area contributed by atoms with E-state index in [-0.39, 0.29) is 11.1 Å². The molecule has 0 aromatic heterocycles. The van der Waals surface area contributed by atoms with Gasteiger partial charge in [-0.3, -0.25) is 4.90 Å². The molecule has 0 saturated carbocycles. The molecule has 15 heavy (non-hydrogen) atoms. The molecule has 1 N–H and O–H groups in total. The molecule has 90 valence electrons. The Labute approximate surface area is 94.2 Å². The minimum Gasteiger partial charge on any atom is -0.379 e. The molecular weight excluding hydrogens is 188 g/mol. The van der Waals surface area contributed by atoms with Gasteiger partial charge in [-0.15, -0.1) is 0 Å². The van der Waals surface area contributed by atoms with Crippen molar-refractivity contribution in [1.29, 1.82) is 0 Å². The first-order valence-electron chi connectivity index (χ1n) is 5.89. The Balaban J connectivity index is 2.56. The first-order valence-corrected chi connectivity index (χ1v) is 5.89. The Hall–Kier alpha value is -0.120. The smallest absolute Gasteiger partial charge is 0.0594 e. The van der Waals surface area contributed by atoms with E-state index in [2.05, 4.69) is 37.9 Å². The summed E-state index contributed by atoms with van der Waals surface area (Å²) in [7, 11) is 2.04. The van der Waals surface area contributed by atoms with E-state index >= 15 is 0 Å². The fourth-order valence-electron chi connectivity index (χ4n) is 2.45. The second kappa shape index (κ2) is 4.81. The molecule has 0 bridgehead atoms. The average Bonchev–Trinajstić information content (AvgIpc) is 2.18. The van der Waals surface area contributed by atoms with Crippen LogP contribution in [0.2, 0.25) is 0 Å². The Morgan fingerprint density at radius 2 is 1.67 bits per heavy atom. The summed E-state index contributed by atoms with van der Waals surface area (Å²) < 4.78 is 5.39. The average molecular weight is 214 g/mol. The number of nitrogens with one attached hydrogen (secondary N) is 1. The van der Waals surface area contributed by atoms with Gasteiger partial charge in [-0.05, 0) is 41.2 Å². The highest BCUT2D eigenvalue weighted by molar-refractivity contribution is 4.91. The van der Waals surface area contributed by atoms with E-state index in [0.717, 1.165) is 32.7 Å².